The molecule has 0 bridgehead atoms. The molecule has 0 aliphatic carbocycles. The highest BCUT2D eigenvalue weighted by atomic mass is 32.2. The molecule has 0 fully saturated rings. The second kappa shape index (κ2) is 9.75. The summed E-state index contributed by atoms with van der Waals surface area (Å²) in [7, 11) is 0. The summed E-state index contributed by atoms with van der Waals surface area (Å²) in [6, 6.07) is 26.3. The van der Waals surface area contributed by atoms with Crippen molar-refractivity contribution in [2.24, 2.45) is 0 Å². The lowest BCUT2D eigenvalue weighted by atomic mass is 10.2. The summed E-state index contributed by atoms with van der Waals surface area (Å²) in [5, 5.41) is 0. The molecule has 2 amide bonds. The Morgan fingerprint density at radius 3 is 2.03 bits per heavy atom. The third-order valence-electron chi connectivity index (χ3n) is 5.04. The average Bonchev–Trinajstić information content (AvgIpc) is 3.06. The Hall–Kier alpha value is -3.51. The lowest BCUT2D eigenvalue weighted by Crippen LogP contribution is -2.35. The van der Waals surface area contributed by atoms with E-state index in [1.165, 1.54) is 16.7 Å². The molecule has 32 heavy (non-hydrogen) atoms. The van der Waals surface area contributed by atoms with Crippen molar-refractivity contribution in [3.8, 4) is 5.75 Å². The van der Waals surface area contributed by atoms with E-state index >= 15 is 0 Å². The molecule has 162 valence electrons. The number of amides is 2. The highest BCUT2D eigenvalue weighted by Crippen LogP contribution is 2.40. The van der Waals surface area contributed by atoms with Crippen LogP contribution in [0, 0.1) is 0 Å². The van der Waals surface area contributed by atoms with E-state index in [0.717, 1.165) is 10.6 Å². The molecule has 1 aliphatic rings. The predicted octanol–water partition coefficient (Wildman–Crippen LogP) is 5.49. The highest BCUT2D eigenvalue weighted by molar-refractivity contribution is 8.04. The van der Waals surface area contributed by atoms with Gasteiger partial charge in [-0.2, -0.15) is 0 Å². The maximum atomic E-state index is 13.7. The van der Waals surface area contributed by atoms with Crippen LogP contribution in [0.1, 0.15) is 13.8 Å². The van der Waals surface area contributed by atoms with Gasteiger partial charge >= 0.3 is 0 Å². The van der Waals surface area contributed by atoms with Crippen molar-refractivity contribution in [3.63, 3.8) is 0 Å². The summed E-state index contributed by atoms with van der Waals surface area (Å²) >= 11 is 1.32. The van der Waals surface area contributed by atoms with Gasteiger partial charge in [-0.05, 0) is 62.4 Å². The summed E-state index contributed by atoms with van der Waals surface area (Å²) < 4.78 is 5.50. The number of likely N-dealkylation sites (N-methyl/N-ethyl adjacent to an activating group) is 1. The van der Waals surface area contributed by atoms with Crippen molar-refractivity contribution in [2.45, 2.75) is 18.7 Å². The molecule has 6 heteroatoms. The Bertz CT molecular complexity index is 1130. The van der Waals surface area contributed by atoms with Gasteiger partial charge in [0.15, 0.2) is 0 Å². The van der Waals surface area contributed by atoms with Crippen LogP contribution in [0.3, 0.4) is 0 Å². The van der Waals surface area contributed by atoms with Gasteiger partial charge in [0.2, 0.25) is 0 Å². The number of imide groups is 1. The first-order chi connectivity index (χ1) is 15.6. The van der Waals surface area contributed by atoms with Gasteiger partial charge in [-0.1, -0.05) is 48.2 Å². The largest absolute Gasteiger partial charge is 0.494 e. The molecule has 0 saturated heterocycles. The minimum Gasteiger partial charge on any atom is -0.494 e. The van der Waals surface area contributed by atoms with E-state index in [1.54, 1.807) is 24.3 Å². The zero-order valence-corrected chi connectivity index (χ0v) is 18.8. The van der Waals surface area contributed by atoms with E-state index in [-0.39, 0.29) is 11.8 Å². The van der Waals surface area contributed by atoms with Crippen LogP contribution in [0.4, 0.5) is 11.4 Å². The van der Waals surface area contributed by atoms with Crippen molar-refractivity contribution in [1.82, 2.24) is 0 Å². The van der Waals surface area contributed by atoms with Gasteiger partial charge in [0, 0.05) is 17.1 Å². The quantitative estimate of drug-likeness (QED) is 0.430. The zero-order chi connectivity index (χ0) is 22.5. The topological polar surface area (TPSA) is 49.9 Å². The van der Waals surface area contributed by atoms with Gasteiger partial charge in [-0.15, -0.1) is 0 Å². The molecule has 4 rings (SSSR count). The number of ether oxygens (including phenoxy) is 1. The molecule has 0 unspecified atom stereocenters. The fraction of sp³-hybridized carbons (Fsp3) is 0.154. The van der Waals surface area contributed by atoms with Crippen LogP contribution in [0.15, 0.2) is 100 Å². The Morgan fingerprint density at radius 1 is 0.812 bits per heavy atom. The molecule has 0 atom stereocenters. The molecule has 0 radical (unpaired) electrons. The number of hydrogen-bond donors (Lipinski definition) is 0. The zero-order valence-electron chi connectivity index (χ0n) is 18.0. The standard InChI is InChI=1S/C26H24N2O3S/c1-3-27(19-11-7-5-8-12-19)23-24(32-22-13-9-6-10-14-22)26(30)28(25(23)29)20-15-17-21(18-16-20)31-4-2/h5-18H,3-4H2,1-2H3. The normalized spacial score (nSPS) is 13.6. The first kappa shape index (κ1) is 21.7. The minimum absolute atomic E-state index is 0.322. The summed E-state index contributed by atoms with van der Waals surface area (Å²) in [6.45, 7) is 4.98. The number of para-hydroxylation sites is 1. The van der Waals surface area contributed by atoms with Crippen LogP contribution < -0.4 is 14.5 Å². The minimum atomic E-state index is -0.330. The van der Waals surface area contributed by atoms with Gasteiger partial charge < -0.3 is 9.64 Å². The summed E-state index contributed by atoms with van der Waals surface area (Å²) in [4.78, 5) is 31.7. The third kappa shape index (κ3) is 4.27. The number of carbonyl (C=O) groups is 2. The van der Waals surface area contributed by atoms with E-state index in [1.807, 2.05) is 79.4 Å². The van der Waals surface area contributed by atoms with Crippen LogP contribution in [-0.4, -0.2) is 25.0 Å². The number of rotatable bonds is 8. The molecule has 0 N–H and O–H groups in total. The molecule has 3 aromatic rings. The highest BCUT2D eigenvalue weighted by Gasteiger charge is 2.42. The lowest BCUT2D eigenvalue weighted by Gasteiger charge is -2.24. The first-order valence-electron chi connectivity index (χ1n) is 10.6. The summed E-state index contributed by atoms with van der Waals surface area (Å²) in [6.07, 6.45) is 0. The molecule has 1 aliphatic heterocycles. The van der Waals surface area contributed by atoms with E-state index in [0.29, 0.717) is 35.2 Å². The second-order valence-electron chi connectivity index (χ2n) is 7.05. The van der Waals surface area contributed by atoms with E-state index in [4.69, 9.17) is 4.74 Å². The number of benzene rings is 3. The predicted molar refractivity (Wildman–Crippen MR) is 129 cm³/mol. The van der Waals surface area contributed by atoms with Crippen molar-refractivity contribution in [1.29, 1.82) is 0 Å². The van der Waals surface area contributed by atoms with Crippen LogP contribution >= 0.6 is 11.8 Å². The van der Waals surface area contributed by atoms with E-state index < -0.39 is 0 Å². The number of carbonyl (C=O) groups excluding carboxylic acids is 2. The fourth-order valence-electron chi connectivity index (χ4n) is 3.60. The van der Waals surface area contributed by atoms with Crippen molar-refractivity contribution in [3.05, 3.63) is 95.5 Å². The summed E-state index contributed by atoms with van der Waals surface area (Å²) in [5.74, 6) is 0.0440. The third-order valence-corrected chi connectivity index (χ3v) is 6.12. The monoisotopic (exact) mass is 444 g/mol. The Labute approximate surface area is 192 Å². The van der Waals surface area contributed by atoms with Crippen molar-refractivity contribution < 1.29 is 14.3 Å². The maximum absolute atomic E-state index is 13.7. The van der Waals surface area contributed by atoms with E-state index in [2.05, 4.69) is 0 Å². The lowest BCUT2D eigenvalue weighted by molar-refractivity contribution is -0.120. The SMILES string of the molecule is CCOc1ccc(N2C(=O)C(Sc3ccccc3)=C(N(CC)c3ccccc3)C2=O)cc1. The molecular formula is C26H24N2O3S. The van der Waals surface area contributed by atoms with Crippen molar-refractivity contribution >= 4 is 35.0 Å². The molecule has 0 saturated carbocycles. The van der Waals surface area contributed by atoms with Crippen LogP contribution in [-0.2, 0) is 9.59 Å². The van der Waals surface area contributed by atoms with Gasteiger partial charge in [0.05, 0.1) is 12.3 Å². The maximum Gasteiger partial charge on any atom is 0.283 e. The van der Waals surface area contributed by atoms with Crippen LogP contribution in [0.2, 0.25) is 0 Å². The van der Waals surface area contributed by atoms with Crippen molar-refractivity contribution in [2.75, 3.05) is 23.0 Å². The fourth-order valence-corrected chi connectivity index (χ4v) is 4.61. The van der Waals surface area contributed by atoms with Gasteiger partial charge in [0.25, 0.3) is 11.8 Å². The number of anilines is 2. The van der Waals surface area contributed by atoms with Crippen LogP contribution in [0.5, 0.6) is 5.75 Å². The number of nitrogens with zero attached hydrogens (tertiary/aromatic N) is 2. The molecule has 0 aromatic heterocycles. The molecular weight excluding hydrogens is 420 g/mol. The molecule has 1 heterocycles. The Morgan fingerprint density at radius 2 is 1.44 bits per heavy atom. The van der Waals surface area contributed by atoms with Gasteiger partial charge in [0.1, 0.15) is 16.4 Å². The van der Waals surface area contributed by atoms with Gasteiger partial charge in [-0.3, -0.25) is 9.59 Å². The number of thioether (sulfide) groups is 1. The second-order valence-corrected chi connectivity index (χ2v) is 8.13. The summed E-state index contributed by atoms with van der Waals surface area (Å²) in [5.41, 5.74) is 1.78. The number of hydrogen-bond acceptors (Lipinski definition) is 5. The van der Waals surface area contributed by atoms with E-state index in [9.17, 15) is 9.59 Å². The molecule has 3 aromatic carbocycles. The Kier molecular flexibility index (Phi) is 6.61. The average molecular weight is 445 g/mol. The van der Waals surface area contributed by atoms with Gasteiger partial charge in [-0.25, -0.2) is 4.90 Å². The molecule has 5 nitrogen and oxygen atoms in total. The van der Waals surface area contributed by atoms with Crippen LogP contribution in [0.25, 0.3) is 0 Å². The molecule has 0 spiro atoms. The Balaban J connectivity index is 1.77. The smallest absolute Gasteiger partial charge is 0.283 e. The first-order valence-corrected chi connectivity index (χ1v) is 11.4.